The summed E-state index contributed by atoms with van der Waals surface area (Å²) in [5.41, 5.74) is 2.49. The van der Waals surface area contributed by atoms with E-state index in [1.165, 1.54) is 11.1 Å². The quantitative estimate of drug-likeness (QED) is 0.568. The van der Waals surface area contributed by atoms with E-state index >= 15 is 0 Å². The Morgan fingerprint density at radius 2 is 1.32 bits per heavy atom. The van der Waals surface area contributed by atoms with Crippen LogP contribution >= 0.6 is 0 Å². The molecule has 0 saturated carbocycles. The molecule has 2 aromatic carbocycles. The van der Waals surface area contributed by atoms with Gasteiger partial charge in [-0.25, -0.2) is 0 Å². The summed E-state index contributed by atoms with van der Waals surface area (Å²) in [5.74, 6) is 0. The predicted molar refractivity (Wildman–Crippen MR) is 121 cm³/mol. The maximum atomic E-state index is 10.6. The van der Waals surface area contributed by atoms with E-state index in [0.717, 1.165) is 13.1 Å². The van der Waals surface area contributed by atoms with Gasteiger partial charge in [-0.1, -0.05) is 81.4 Å². The van der Waals surface area contributed by atoms with Crippen molar-refractivity contribution in [2.75, 3.05) is 6.61 Å². The molecule has 0 saturated heterocycles. The first-order chi connectivity index (χ1) is 13.1. The summed E-state index contributed by atoms with van der Waals surface area (Å²) in [7, 11) is -1.88. The van der Waals surface area contributed by atoms with Gasteiger partial charge in [0.05, 0.1) is 18.8 Å². The second-order valence-electron chi connectivity index (χ2n) is 9.26. The molecule has 0 spiro atoms. The highest BCUT2D eigenvalue weighted by Crippen LogP contribution is 2.36. The molecule has 2 atom stereocenters. The van der Waals surface area contributed by atoms with E-state index in [2.05, 4.69) is 87.3 Å². The van der Waals surface area contributed by atoms with Crippen molar-refractivity contribution in [1.82, 2.24) is 4.90 Å². The molecule has 1 N–H and O–H groups in total. The Morgan fingerprint density at radius 3 is 1.68 bits per heavy atom. The molecule has 0 aliphatic heterocycles. The van der Waals surface area contributed by atoms with Crippen LogP contribution in [0.3, 0.4) is 0 Å². The molecule has 0 aliphatic carbocycles. The Kier molecular flexibility index (Phi) is 8.02. The predicted octanol–water partition coefficient (Wildman–Crippen LogP) is 5.46. The van der Waals surface area contributed by atoms with Gasteiger partial charge in [0.2, 0.25) is 0 Å². The molecule has 0 aliphatic rings. The fraction of sp³-hybridized carbons (Fsp3) is 0.500. The summed E-state index contributed by atoms with van der Waals surface area (Å²) in [6.45, 7) is 15.3. The van der Waals surface area contributed by atoms with Crippen molar-refractivity contribution < 1.29 is 9.53 Å². The van der Waals surface area contributed by atoms with Gasteiger partial charge in [-0.15, -0.1) is 0 Å². The molecule has 0 radical (unpaired) electrons. The van der Waals surface area contributed by atoms with Crippen molar-refractivity contribution in [2.45, 2.75) is 71.1 Å². The van der Waals surface area contributed by atoms with E-state index in [4.69, 9.17) is 4.43 Å². The zero-order valence-electron chi connectivity index (χ0n) is 18.4. The first-order valence-electron chi connectivity index (χ1n) is 10.2. The van der Waals surface area contributed by atoms with Crippen LogP contribution in [0.4, 0.5) is 0 Å². The first-order valence-corrected chi connectivity index (χ1v) is 13.1. The maximum absolute atomic E-state index is 10.6. The Labute approximate surface area is 172 Å². The normalized spacial score (nSPS) is 14.9. The highest BCUT2D eigenvalue weighted by Gasteiger charge is 2.38. The van der Waals surface area contributed by atoms with Crippen LogP contribution in [0.25, 0.3) is 0 Å². The third-order valence-corrected chi connectivity index (χ3v) is 10.4. The lowest BCUT2D eigenvalue weighted by Gasteiger charge is -2.40. The summed E-state index contributed by atoms with van der Waals surface area (Å²) in [4.78, 5) is 2.35. The van der Waals surface area contributed by atoms with Crippen LogP contribution < -0.4 is 0 Å². The van der Waals surface area contributed by atoms with E-state index < -0.39 is 14.4 Å². The van der Waals surface area contributed by atoms with E-state index in [-0.39, 0.29) is 11.1 Å². The molecule has 3 nitrogen and oxygen atoms in total. The van der Waals surface area contributed by atoms with Crippen LogP contribution in [0.1, 0.15) is 38.8 Å². The molecule has 0 amide bonds. The molecule has 154 valence electrons. The fourth-order valence-corrected chi connectivity index (χ4v) is 4.01. The number of benzene rings is 2. The summed E-state index contributed by atoms with van der Waals surface area (Å²) in [6.07, 6.45) is -0.475. The van der Waals surface area contributed by atoms with Gasteiger partial charge in [-0.05, 0) is 36.2 Å². The molecular weight excluding hydrogens is 362 g/mol. The topological polar surface area (TPSA) is 32.7 Å². The largest absolute Gasteiger partial charge is 0.415 e. The van der Waals surface area contributed by atoms with Crippen molar-refractivity contribution in [3.8, 4) is 0 Å². The second kappa shape index (κ2) is 9.84. The van der Waals surface area contributed by atoms with Crippen molar-refractivity contribution in [3.05, 3.63) is 71.8 Å². The number of hydrogen-bond acceptors (Lipinski definition) is 3. The Balaban J connectivity index is 2.23. The number of aliphatic hydroxyl groups is 1. The average Bonchev–Trinajstić information content (AvgIpc) is 2.62. The summed E-state index contributed by atoms with van der Waals surface area (Å²) in [6, 6.07) is 20.9. The molecule has 0 aromatic heterocycles. The van der Waals surface area contributed by atoms with Gasteiger partial charge >= 0.3 is 0 Å². The van der Waals surface area contributed by atoms with Crippen molar-refractivity contribution in [1.29, 1.82) is 0 Å². The van der Waals surface area contributed by atoms with Gasteiger partial charge in [0.1, 0.15) is 0 Å². The molecule has 0 heterocycles. The highest BCUT2D eigenvalue weighted by molar-refractivity contribution is 6.74. The van der Waals surface area contributed by atoms with E-state index in [1.54, 1.807) is 0 Å². The summed E-state index contributed by atoms with van der Waals surface area (Å²) in [5, 5.41) is 10.8. The third-order valence-electron chi connectivity index (χ3n) is 5.90. The monoisotopic (exact) mass is 399 g/mol. The Morgan fingerprint density at radius 1 is 0.893 bits per heavy atom. The van der Waals surface area contributed by atoms with Gasteiger partial charge in [0.15, 0.2) is 8.32 Å². The van der Waals surface area contributed by atoms with Crippen LogP contribution in [0.15, 0.2) is 60.7 Å². The lowest BCUT2D eigenvalue weighted by atomic mass is 10.1. The lowest BCUT2D eigenvalue weighted by molar-refractivity contribution is 0.0195. The maximum Gasteiger partial charge on any atom is 0.192 e. The second-order valence-corrected chi connectivity index (χ2v) is 14.1. The van der Waals surface area contributed by atoms with Crippen molar-refractivity contribution in [2.24, 2.45) is 0 Å². The van der Waals surface area contributed by atoms with Gasteiger partial charge < -0.3 is 9.53 Å². The molecule has 28 heavy (non-hydrogen) atoms. The molecular formula is C24H37NO2Si. The van der Waals surface area contributed by atoms with Crippen LogP contribution in [0.2, 0.25) is 18.1 Å². The number of nitrogens with zero attached hydrogens (tertiary/aromatic N) is 1. The van der Waals surface area contributed by atoms with Gasteiger partial charge in [0, 0.05) is 13.1 Å². The third kappa shape index (κ3) is 6.56. The molecule has 2 aromatic rings. The minimum Gasteiger partial charge on any atom is -0.415 e. The average molecular weight is 400 g/mol. The molecule has 4 heteroatoms. The lowest BCUT2D eigenvalue weighted by Crippen LogP contribution is -2.49. The van der Waals surface area contributed by atoms with E-state index in [0.29, 0.717) is 6.61 Å². The summed E-state index contributed by atoms with van der Waals surface area (Å²) >= 11 is 0. The first kappa shape index (κ1) is 22.8. The van der Waals surface area contributed by atoms with Gasteiger partial charge in [-0.3, -0.25) is 4.90 Å². The summed E-state index contributed by atoms with van der Waals surface area (Å²) < 4.78 is 6.51. The number of aliphatic hydroxyl groups excluding tert-OH is 1. The molecule has 2 rings (SSSR count). The zero-order valence-corrected chi connectivity index (χ0v) is 19.4. The van der Waals surface area contributed by atoms with Gasteiger partial charge in [0.25, 0.3) is 0 Å². The molecule has 0 fully saturated rings. The smallest absolute Gasteiger partial charge is 0.192 e. The molecule has 0 unspecified atom stereocenters. The van der Waals surface area contributed by atoms with Crippen LogP contribution in [0.5, 0.6) is 0 Å². The number of hydrogen-bond donors (Lipinski definition) is 1. The standard InChI is InChI=1S/C24H37NO2Si/c1-20(26)23(19-27-28(5,6)24(2,3)4)25(17-21-13-9-7-10-14-21)18-22-15-11-8-12-16-22/h7-16,20,23,26H,17-19H2,1-6H3/t20-,23+/m0/s1. The van der Waals surface area contributed by atoms with Crippen molar-refractivity contribution in [3.63, 3.8) is 0 Å². The SMILES string of the molecule is C[C@H](O)[C@@H](CO[Si](C)(C)C(C)(C)C)N(Cc1ccccc1)Cc1ccccc1. The van der Waals surface area contributed by atoms with E-state index in [9.17, 15) is 5.11 Å². The fourth-order valence-electron chi connectivity index (χ4n) is 2.99. The van der Waals surface area contributed by atoms with Gasteiger partial charge in [-0.2, -0.15) is 0 Å². The zero-order chi connectivity index (χ0) is 20.8. The molecule has 0 bridgehead atoms. The number of rotatable bonds is 9. The van der Waals surface area contributed by atoms with Crippen LogP contribution in [-0.2, 0) is 17.5 Å². The van der Waals surface area contributed by atoms with E-state index in [1.807, 2.05) is 19.1 Å². The minimum atomic E-state index is -1.88. The van der Waals surface area contributed by atoms with Crippen LogP contribution in [0, 0.1) is 0 Å². The Bertz CT molecular complexity index is 654. The Hall–Kier alpha value is -1.46. The highest BCUT2D eigenvalue weighted by atomic mass is 28.4. The minimum absolute atomic E-state index is 0.0606. The van der Waals surface area contributed by atoms with Crippen molar-refractivity contribution >= 4 is 8.32 Å². The van der Waals surface area contributed by atoms with Crippen LogP contribution in [-0.4, -0.2) is 37.1 Å².